The molecule has 0 saturated heterocycles. The van der Waals surface area contributed by atoms with Crippen LogP contribution in [-0.2, 0) is 0 Å². The summed E-state index contributed by atoms with van der Waals surface area (Å²) in [5, 5.41) is 0.358. The van der Waals surface area contributed by atoms with Gasteiger partial charge < -0.3 is 8.83 Å². The summed E-state index contributed by atoms with van der Waals surface area (Å²) in [4.78, 5) is 26.0. The number of hydrogen-bond acceptors (Lipinski definition) is 4. The molecular weight excluding hydrogens is 384 g/mol. The van der Waals surface area contributed by atoms with Crippen molar-refractivity contribution < 1.29 is 13.6 Å². The van der Waals surface area contributed by atoms with E-state index < -0.39 is 5.78 Å². The molecule has 0 N–H and O–H groups in total. The summed E-state index contributed by atoms with van der Waals surface area (Å²) in [7, 11) is 0. The van der Waals surface area contributed by atoms with Crippen molar-refractivity contribution in [2.75, 3.05) is 0 Å². The first-order valence-electron chi connectivity index (χ1n) is 7.56. The molecule has 0 unspecified atom stereocenters. The molecule has 0 aliphatic heterocycles. The molecule has 4 rings (SSSR count). The Kier molecular flexibility index (Phi) is 3.86. The number of carbonyl (C=O) groups excluding carboxylic acids is 1. The molecule has 122 valence electrons. The van der Waals surface area contributed by atoms with Crippen LogP contribution < -0.4 is 5.43 Å². The van der Waals surface area contributed by atoms with Gasteiger partial charge in [-0.2, -0.15) is 0 Å². The van der Waals surface area contributed by atoms with E-state index in [1.54, 1.807) is 60.7 Å². The monoisotopic (exact) mass is 394 g/mol. The number of halogens is 1. The van der Waals surface area contributed by atoms with Gasteiger partial charge in [-0.1, -0.05) is 42.5 Å². The Morgan fingerprint density at radius 1 is 0.840 bits per heavy atom. The first-order chi connectivity index (χ1) is 12.1. The van der Waals surface area contributed by atoms with Gasteiger partial charge in [0.25, 0.3) is 0 Å². The molecule has 5 heteroatoms. The van der Waals surface area contributed by atoms with Crippen molar-refractivity contribution in [3.63, 3.8) is 0 Å². The third-order valence-corrected chi connectivity index (χ3v) is 4.28. The Morgan fingerprint density at radius 3 is 2.28 bits per heavy atom. The van der Waals surface area contributed by atoms with Crippen LogP contribution in [0.15, 0.2) is 85.0 Å². The van der Waals surface area contributed by atoms with Crippen LogP contribution >= 0.6 is 15.9 Å². The molecule has 2 heterocycles. The summed E-state index contributed by atoms with van der Waals surface area (Å²) in [5.41, 5.74) is 0.404. The van der Waals surface area contributed by atoms with Gasteiger partial charge in [-0.3, -0.25) is 9.59 Å². The average molecular weight is 395 g/mol. The number of fused-ring (bicyclic) bond motifs is 1. The highest BCUT2D eigenvalue weighted by atomic mass is 79.9. The van der Waals surface area contributed by atoms with E-state index in [1.807, 2.05) is 6.07 Å². The lowest BCUT2D eigenvalue weighted by molar-refractivity contribution is 0.103. The number of para-hydroxylation sites is 1. The molecule has 2 aromatic heterocycles. The SMILES string of the molecule is O=C(c1ccccc1)c1c(-c2ccc(Br)o2)oc2ccccc2c1=O. The fraction of sp³-hybridized carbons (Fsp3) is 0. The molecule has 4 nitrogen and oxygen atoms in total. The van der Waals surface area contributed by atoms with E-state index in [0.717, 1.165) is 0 Å². The van der Waals surface area contributed by atoms with Crippen molar-refractivity contribution in [3.05, 3.63) is 92.7 Å². The molecule has 0 radical (unpaired) electrons. The van der Waals surface area contributed by atoms with Crippen LogP contribution in [0.2, 0.25) is 0 Å². The zero-order valence-electron chi connectivity index (χ0n) is 12.9. The van der Waals surface area contributed by atoms with Gasteiger partial charge in [0.2, 0.25) is 11.2 Å². The Balaban J connectivity index is 2.05. The van der Waals surface area contributed by atoms with Crippen molar-refractivity contribution in [2.24, 2.45) is 0 Å². The summed E-state index contributed by atoms with van der Waals surface area (Å²) >= 11 is 3.23. The third kappa shape index (κ3) is 2.72. The maximum Gasteiger partial charge on any atom is 0.204 e. The van der Waals surface area contributed by atoms with E-state index in [2.05, 4.69) is 15.9 Å². The Labute approximate surface area is 150 Å². The zero-order chi connectivity index (χ0) is 17.4. The number of ketones is 1. The lowest BCUT2D eigenvalue weighted by Gasteiger charge is -2.07. The third-order valence-electron chi connectivity index (χ3n) is 3.86. The second kappa shape index (κ2) is 6.18. The van der Waals surface area contributed by atoms with E-state index in [9.17, 15) is 9.59 Å². The quantitative estimate of drug-likeness (QED) is 0.456. The molecule has 0 atom stereocenters. The number of benzene rings is 2. The lowest BCUT2D eigenvalue weighted by Crippen LogP contribution is -2.17. The summed E-state index contributed by atoms with van der Waals surface area (Å²) in [5.74, 6) is 0.0416. The maximum atomic E-state index is 13.0. The molecule has 25 heavy (non-hydrogen) atoms. The van der Waals surface area contributed by atoms with Crippen molar-refractivity contribution in [1.29, 1.82) is 0 Å². The van der Waals surface area contributed by atoms with Crippen molar-refractivity contribution in [3.8, 4) is 11.5 Å². The smallest absolute Gasteiger partial charge is 0.204 e. The summed E-state index contributed by atoms with van der Waals surface area (Å²) in [6.07, 6.45) is 0. The van der Waals surface area contributed by atoms with E-state index >= 15 is 0 Å². The Hall–Kier alpha value is -2.92. The van der Waals surface area contributed by atoms with Crippen molar-refractivity contribution >= 4 is 32.7 Å². The molecule has 0 spiro atoms. The van der Waals surface area contributed by atoms with Crippen LogP contribution in [0.4, 0.5) is 0 Å². The minimum absolute atomic E-state index is 0.0354. The van der Waals surface area contributed by atoms with E-state index in [-0.39, 0.29) is 16.8 Å². The minimum atomic E-state index is -0.400. The second-order valence-electron chi connectivity index (χ2n) is 5.43. The topological polar surface area (TPSA) is 60.4 Å². The van der Waals surface area contributed by atoms with Gasteiger partial charge in [-0.15, -0.1) is 0 Å². The van der Waals surface area contributed by atoms with Gasteiger partial charge in [0.15, 0.2) is 16.2 Å². The number of rotatable bonds is 3. The van der Waals surface area contributed by atoms with Gasteiger partial charge in [0, 0.05) is 5.56 Å². The first kappa shape index (κ1) is 15.6. The fourth-order valence-electron chi connectivity index (χ4n) is 2.69. The van der Waals surface area contributed by atoms with Gasteiger partial charge in [-0.25, -0.2) is 0 Å². The first-order valence-corrected chi connectivity index (χ1v) is 8.36. The molecule has 0 aliphatic rings. The van der Waals surface area contributed by atoms with Crippen LogP contribution in [0.25, 0.3) is 22.5 Å². The van der Waals surface area contributed by atoms with Crippen LogP contribution in [0.1, 0.15) is 15.9 Å². The normalized spacial score (nSPS) is 10.9. The van der Waals surface area contributed by atoms with Gasteiger partial charge in [-0.05, 0) is 40.2 Å². The van der Waals surface area contributed by atoms with E-state index in [1.165, 1.54) is 0 Å². The van der Waals surface area contributed by atoms with Crippen molar-refractivity contribution in [2.45, 2.75) is 0 Å². The molecule has 0 fully saturated rings. The van der Waals surface area contributed by atoms with Gasteiger partial charge in [0.1, 0.15) is 11.1 Å². The number of hydrogen-bond donors (Lipinski definition) is 0. The number of furan rings is 1. The van der Waals surface area contributed by atoms with E-state index in [0.29, 0.717) is 27.0 Å². The van der Waals surface area contributed by atoms with E-state index in [4.69, 9.17) is 8.83 Å². The molecule has 4 aromatic rings. The molecule has 2 aromatic carbocycles. The van der Waals surface area contributed by atoms with Crippen molar-refractivity contribution in [1.82, 2.24) is 0 Å². The van der Waals surface area contributed by atoms with Crippen LogP contribution in [-0.4, -0.2) is 5.78 Å². The lowest BCUT2D eigenvalue weighted by atomic mass is 9.99. The largest absolute Gasteiger partial charge is 0.452 e. The summed E-state index contributed by atoms with van der Waals surface area (Å²) in [6, 6.07) is 18.8. The zero-order valence-corrected chi connectivity index (χ0v) is 14.4. The summed E-state index contributed by atoms with van der Waals surface area (Å²) in [6.45, 7) is 0. The highest BCUT2D eigenvalue weighted by Gasteiger charge is 2.25. The molecule has 0 aliphatic carbocycles. The maximum absolute atomic E-state index is 13.0. The highest BCUT2D eigenvalue weighted by Crippen LogP contribution is 2.30. The molecule has 0 saturated carbocycles. The fourth-order valence-corrected chi connectivity index (χ4v) is 3.00. The highest BCUT2D eigenvalue weighted by molar-refractivity contribution is 9.10. The Morgan fingerprint density at radius 2 is 1.56 bits per heavy atom. The summed E-state index contributed by atoms with van der Waals surface area (Å²) < 4.78 is 11.9. The second-order valence-corrected chi connectivity index (χ2v) is 6.21. The molecular formula is C20H11BrO4. The minimum Gasteiger partial charge on any atom is -0.452 e. The van der Waals surface area contributed by atoms with Crippen LogP contribution in [0.3, 0.4) is 0 Å². The van der Waals surface area contributed by atoms with Crippen LogP contribution in [0.5, 0.6) is 0 Å². The predicted octanol–water partition coefficient (Wildman–Crippen LogP) is 5.05. The average Bonchev–Trinajstić information content (AvgIpc) is 3.08. The number of carbonyl (C=O) groups is 1. The standard InChI is InChI=1S/C20H11BrO4/c21-16-11-10-15(24-16)20-17(18(22)12-6-2-1-3-7-12)19(23)13-8-4-5-9-14(13)25-20/h1-11H. The van der Waals surface area contributed by atoms with Gasteiger partial charge >= 0.3 is 0 Å². The molecule has 0 bridgehead atoms. The van der Waals surface area contributed by atoms with Gasteiger partial charge in [0.05, 0.1) is 5.39 Å². The predicted molar refractivity (Wildman–Crippen MR) is 97.8 cm³/mol. The molecule has 0 amide bonds. The Bertz CT molecular complexity index is 1140. The van der Waals surface area contributed by atoms with Crippen LogP contribution in [0, 0.1) is 0 Å².